The van der Waals surface area contributed by atoms with Gasteiger partial charge < -0.3 is 5.73 Å². The predicted molar refractivity (Wildman–Crippen MR) is 66.4 cm³/mol. The molecule has 3 nitrogen and oxygen atoms in total. The maximum Gasteiger partial charge on any atom is 0.0558 e. The molecule has 0 aromatic carbocycles. The molecule has 1 aliphatic rings. The molecule has 2 heterocycles. The third kappa shape index (κ3) is 2.94. The van der Waals surface area contributed by atoms with Gasteiger partial charge in [0.15, 0.2) is 0 Å². The zero-order valence-corrected chi connectivity index (χ0v) is 10.2. The molecule has 0 saturated carbocycles. The Bertz CT molecular complexity index is 343. The highest BCUT2D eigenvalue weighted by Crippen LogP contribution is 2.19. The van der Waals surface area contributed by atoms with Crippen molar-refractivity contribution in [3.05, 3.63) is 29.0 Å². The normalized spacial score (nSPS) is 22.2. The molecule has 2 N–H and O–H groups in total. The molecule has 88 valence electrons. The number of hydrogen-bond donors (Lipinski definition) is 1. The van der Waals surface area contributed by atoms with E-state index in [1.165, 1.54) is 19.3 Å². The van der Waals surface area contributed by atoms with Crippen molar-refractivity contribution in [1.82, 2.24) is 9.88 Å². The number of nitrogens with two attached hydrogens (primary N) is 1. The van der Waals surface area contributed by atoms with E-state index in [2.05, 4.69) is 9.88 Å². The van der Waals surface area contributed by atoms with Crippen LogP contribution >= 0.6 is 11.6 Å². The van der Waals surface area contributed by atoms with E-state index < -0.39 is 0 Å². The first-order valence-electron chi connectivity index (χ1n) is 5.84. The van der Waals surface area contributed by atoms with E-state index in [4.69, 9.17) is 17.3 Å². The Hall–Kier alpha value is -0.640. The van der Waals surface area contributed by atoms with Gasteiger partial charge in [-0.2, -0.15) is 0 Å². The number of hydrogen-bond acceptors (Lipinski definition) is 3. The predicted octanol–water partition coefficient (Wildman–Crippen LogP) is 2.05. The molecule has 0 aliphatic carbocycles. The zero-order valence-electron chi connectivity index (χ0n) is 9.40. The second-order valence-corrected chi connectivity index (χ2v) is 4.76. The summed E-state index contributed by atoms with van der Waals surface area (Å²) in [5.74, 6) is 0. The van der Waals surface area contributed by atoms with Gasteiger partial charge in [-0.3, -0.25) is 9.88 Å². The summed E-state index contributed by atoms with van der Waals surface area (Å²) in [4.78, 5) is 6.75. The van der Waals surface area contributed by atoms with Gasteiger partial charge in [-0.05, 0) is 31.5 Å². The van der Waals surface area contributed by atoms with E-state index in [1.54, 1.807) is 6.20 Å². The summed E-state index contributed by atoms with van der Waals surface area (Å²) in [6, 6.07) is 4.25. The SMILES string of the molecule is NCC1CCCCN1Cc1cc(Cl)ccn1. The van der Waals surface area contributed by atoms with Crippen LogP contribution < -0.4 is 5.73 Å². The first-order chi connectivity index (χ1) is 7.79. The first kappa shape index (κ1) is 11.8. The number of pyridine rings is 1. The molecule has 1 fully saturated rings. The summed E-state index contributed by atoms with van der Waals surface area (Å²) in [7, 11) is 0. The average Bonchev–Trinajstić information content (AvgIpc) is 2.30. The molecule has 1 saturated heterocycles. The molecular weight excluding hydrogens is 222 g/mol. The van der Waals surface area contributed by atoms with Gasteiger partial charge in [0.25, 0.3) is 0 Å². The number of aromatic nitrogens is 1. The highest BCUT2D eigenvalue weighted by Gasteiger charge is 2.21. The second-order valence-electron chi connectivity index (χ2n) is 4.32. The van der Waals surface area contributed by atoms with Crippen LogP contribution in [0, 0.1) is 0 Å². The minimum atomic E-state index is 0.509. The zero-order chi connectivity index (χ0) is 11.4. The molecule has 1 aromatic rings. The van der Waals surface area contributed by atoms with Gasteiger partial charge in [0.1, 0.15) is 0 Å². The Morgan fingerprint density at radius 3 is 3.12 bits per heavy atom. The highest BCUT2D eigenvalue weighted by molar-refractivity contribution is 6.30. The maximum absolute atomic E-state index is 5.95. The first-order valence-corrected chi connectivity index (χ1v) is 6.22. The number of piperidine rings is 1. The van der Waals surface area contributed by atoms with Gasteiger partial charge in [0, 0.05) is 30.4 Å². The van der Waals surface area contributed by atoms with Crippen molar-refractivity contribution in [2.45, 2.75) is 31.8 Å². The molecule has 4 heteroatoms. The number of rotatable bonds is 3. The van der Waals surface area contributed by atoms with Crippen LogP contribution in [0.2, 0.25) is 5.02 Å². The summed E-state index contributed by atoms with van der Waals surface area (Å²) in [6.45, 7) is 2.72. The molecule has 0 bridgehead atoms. The third-order valence-electron chi connectivity index (χ3n) is 3.16. The van der Waals surface area contributed by atoms with Gasteiger partial charge in [-0.1, -0.05) is 18.0 Å². The quantitative estimate of drug-likeness (QED) is 0.878. The van der Waals surface area contributed by atoms with Crippen molar-refractivity contribution in [2.24, 2.45) is 5.73 Å². The van der Waals surface area contributed by atoms with Gasteiger partial charge in [-0.25, -0.2) is 0 Å². The highest BCUT2D eigenvalue weighted by atomic mass is 35.5. The van der Waals surface area contributed by atoms with Crippen LogP contribution in [0.4, 0.5) is 0 Å². The van der Waals surface area contributed by atoms with Crippen molar-refractivity contribution in [3.8, 4) is 0 Å². The Morgan fingerprint density at radius 1 is 1.50 bits per heavy atom. The molecule has 1 aliphatic heterocycles. The fourth-order valence-electron chi connectivity index (χ4n) is 2.28. The van der Waals surface area contributed by atoms with Crippen LogP contribution in [0.25, 0.3) is 0 Å². The number of halogens is 1. The summed E-state index contributed by atoms with van der Waals surface area (Å²) in [6.07, 6.45) is 5.52. The van der Waals surface area contributed by atoms with Gasteiger partial charge in [0.2, 0.25) is 0 Å². The monoisotopic (exact) mass is 239 g/mol. The van der Waals surface area contributed by atoms with E-state index in [0.717, 1.165) is 30.4 Å². The van der Waals surface area contributed by atoms with E-state index in [-0.39, 0.29) is 0 Å². The Labute approximate surface area is 102 Å². The Balaban J connectivity index is 2.02. The van der Waals surface area contributed by atoms with Crippen molar-refractivity contribution in [3.63, 3.8) is 0 Å². The van der Waals surface area contributed by atoms with E-state index in [9.17, 15) is 0 Å². The van der Waals surface area contributed by atoms with Crippen LogP contribution in [-0.4, -0.2) is 29.0 Å². The Morgan fingerprint density at radius 2 is 2.38 bits per heavy atom. The second kappa shape index (κ2) is 5.62. The maximum atomic E-state index is 5.95. The lowest BCUT2D eigenvalue weighted by Crippen LogP contribution is -2.43. The Kier molecular flexibility index (Phi) is 4.16. The molecule has 1 unspecified atom stereocenters. The fourth-order valence-corrected chi connectivity index (χ4v) is 2.46. The molecular formula is C12H18ClN3. The standard InChI is InChI=1S/C12H18ClN3/c13-10-4-5-15-11(7-10)9-16-6-2-1-3-12(16)8-14/h4-5,7,12H,1-3,6,8-9,14H2. The summed E-state index contributed by atoms with van der Waals surface area (Å²) < 4.78 is 0. The molecule has 0 amide bonds. The van der Waals surface area contributed by atoms with Crippen LogP contribution in [0.15, 0.2) is 18.3 Å². The van der Waals surface area contributed by atoms with Gasteiger partial charge in [-0.15, -0.1) is 0 Å². The number of likely N-dealkylation sites (tertiary alicyclic amines) is 1. The topological polar surface area (TPSA) is 42.1 Å². The molecule has 1 aromatic heterocycles. The molecule has 1 atom stereocenters. The van der Waals surface area contributed by atoms with Gasteiger partial charge >= 0.3 is 0 Å². The lowest BCUT2D eigenvalue weighted by Gasteiger charge is -2.34. The number of nitrogens with zero attached hydrogens (tertiary/aromatic N) is 2. The van der Waals surface area contributed by atoms with Crippen LogP contribution in [0.5, 0.6) is 0 Å². The lowest BCUT2D eigenvalue weighted by molar-refractivity contribution is 0.143. The summed E-state index contributed by atoms with van der Waals surface area (Å²) >= 11 is 5.95. The van der Waals surface area contributed by atoms with E-state index in [1.807, 2.05) is 12.1 Å². The van der Waals surface area contributed by atoms with Crippen LogP contribution in [0.3, 0.4) is 0 Å². The largest absolute Gasteiger partial charge is 0.329 e. The third-order valence-corrected chi connectivity index (χ3v) is 3.40. The molecule has 0 spiro atoms. The molecule has 0 radical (unpaired) electrons. The molecule has 2 rings (SSSR count). The average molecular weight is 240 g/mol. The smallest absolute Gasteiger partial charge is 0.0558 e. The fraction of sp³-hybridized carbons (Fsp3) is 0.583. The van der Waals surface area contributed by atoms with E-state index in [0.29, 0.717) is 6.04 Å². The summed E-state index contributed by atoms with van der Waals surface area (Å²) in [5, 5.41) is 0.756. The van der Waals surface area contributed by atoms with Crippen molar-refractivity contribution < 1.29 is 0 Å². The lowest BCUT2D eigenvalue weighted by atomic mass is 10.0. The van der Waals surface area contributed by atoms with Crippen LogP contribution in [-0.2, 0) is 6.54 Å². The van der Waals surface area contributed by atoms with Crippen molar-refractivity contribution >= 4 is 11.6 Å². The van der Waals surface area contributed by atoms with Crippen molar-refractivity contribution in [1.29, 1.82) is 0 Å². The van der Waals surface area contributed by atoms with E-state index >= 15 is 0 Å². The molecule has 16 heavy (non-hydrogen) atoms. The van der Waals surface area contributed by atoms with Crippen molar-refractivity contribution in [2.75, 3.05) is 13.1 Å². The van der Waals surface area contributed by atoms with Crippen LogP contribution in [0.1, 0.15) is 25.0 Å². The minimum absolute atomic E-state index is 0.509. The summed E-state index contributed by atoms with van der Waals surface area (Å²) in [5.41, 5.74) is 6.82. The minimum Gasteiger partial charge on any atom is -0.329 e. The van der Waals surface area contributed by atoms with Gasteiger partial charge in [0.05, 0.1) is 5.69 Å².